The van der Waals surface area contributed by atoms with Gasteiger partial charge < -0.3 is 4.74 Å². The highest BCUT2D eigenvalue weighted by Gasteiger charge is 1.87. The molecule has 0 amide bonds. The lowest BCUT2D eigenvalue weighted by molar-refractivity contribution is 0.239. The van der Waals surface area contributed by atoms with E-state index in [-0.39, 0.29) is 0 Å². The number of ether oxygens (including phenoxy) is 1. The zero-order chi connectivity index (χ0) is 4.24. The van der Waals surface area contributed by atoms with Gasteiger partial charge in [0.25, 0.3) is 0 Å². The Kier molecular flexibility index (Phi) is 1.22. The van der Waals surface area contributed by atoms with E-state index in [0.29, 0.717) is 6.61 Å². The third-order valence-electron chi connectivity index (χ3n) is 0.598. The molecule has 0 aromatic carbocycles. The summed E-state index contributed by atoms with van der Waals surface area (Å²) in [7, 11) is 0. The fourth-order valence-corrected chi connectivity index (χ4v) is 0.334. The number of hydrogen-bond donors (Lipinski definition) is 0. The number of hydrogen-bond acceptors (Lipinski definition) is 2. The topological polar surface area (TPSA) is 21.6 Å². The van der Waals surface area contributed by atoms with Crippen molar-refractivity contribution < 1.29 is 4.74 Å². The largest absolute Gasteiger partial charge is 0.368 e. The van der Waals surface area contributed by atoms with E-state index in [0.717, 1.165) is 6.54 Å². The van der Waals surface area contributed by atoms with Crippen molar-refractivity contribution in [2.45, 2.75) is 0 Å². The average molecular weight is 84.1 g/mol. The first-order valence-electron chi connectivity index (χ1n) is 1.92. The van der Waals surface area contributed by atoms with Gasteiger partial charge in [0, 0.05) is 6.21 Å². The Morgan fingerprint density at radius 2 is 2.67 bits per heavy atom. The molecule has 0 aliphatic carbocycles. The fourth-order valence-electron chi connectivity index (χ4n) is 0.334. The average Bonchev–Trinajstić information content (AvgIpc) is 1.72. The second kappa shape index (κ2) is 1.92. The lowest BCUT2D eigenvalue weighted by atomic mass is 10.6. The van der Waals surface area contributed by atoms with Gasteiger partial charge in [0.15, 0.2) is 0 Å². The Hall–Kier alpha value is -0.370. The zero-order valence-corrected chi connectivity index (χ0v) is 3.42. The molecule has 0 bridgehead atoms. The van der Waals surface area contributed by atoms with Crippen LogP contribution in [0.2, 0.25) is 0 Å². The Bertz CT molecular complexity index is 52.6. The molecule has 0 saturated heterocycles. The van der Waals surface area contributed by atoms with Crippen molar-refractivity contribution in [3.05, 3.63) is 6.61 Å². The molecule has 1 aliphatic heterocycles. The maximum atomic E-state index is 4.80. The summed E-state index contributed by atoms with van der Waals surface area (Å²) in [4.78, 5) is 3.87. The van der Waals surface area contributed by atoms with E-state index in [4.69, 9.17) is 4.74 Å². The molecule has 6 heavy (non-hydrogen) atoms. The third-order valence-corrected chi connectivity index (χ3v) is 0.598. The predicted molar refractivity (Wildman–Crippen MR) is 23.6 cm³/mol. The van der Waals surface area contributed by atoms with E-state index in [1.54, 1.807) is 12.8 Å². The van der Waals surface area contributed by atoms with Crippen LogP contribution in [0.3, 0.4) is 0 Å². The van der Waals surface area contributed by atoms with Crippen LogP contribution in [0.25, 0.3) is 0 Å². The maximum absolute atomic E-state index is 4.80. The molecule has 0 fully saturated rings. The number of nitrogens with zero attached hydrogens (tertiary/aromatic N) is 1. The smallest absolute Gasteiger partial charge is 0.105 e. The molecule has 2 heteroatoms. The van der Waals surface area contributed by atoms with Gasteiger partial charge in [-0.3, -0.25) is 4.99 Å². The summed E-state index contributed by atoms with van der Waals surface area (Å²) in [5.41, 5.74) is 0. The highest BCUT2D eigenvalue weighted by Crippen LogP contribution is 1.85. The van der Waals surface area contributed by atoms with E-state index < -0.39 is 0 Å². The van der Waals surface area contributed by atoms with Crippen LogP contribution >= 0.6 is 0 Å². The van der Waals surface area contributed by atoms with Crippen molar-refractivity contribution in [1.82, 2.24) is 0 Å². The van der Waals surface area contributed by atoms with Gasteiger partial charge >= 0.3 is 0 Å². The lowest BCUT2D eigenvalue weighted by Gasteiger charge is -1.99. The summed E-state index contributed by atoms with van der Waals surface area (Å²) in [6, 6.07) is 0. The second-order valence-electron chi connectivity index (χ2n) is 1.05. The van der Waals surface area contributed by atoms with Crippen molar-refractivity contribution in [1.29, 1.82) is 0 Å². The van der Waals surface area contributed by atoms with E-state index in [9.17, 15) is 0 Å². The first kappa shape index (κ1) is 3.81. The Labute approximate surface area is 36.8 Å². The summed E-state index contributed by atoms with van der Waals surface area (Å²) < 4.78 is 4.80. The Morgan fingerprint density at radius 3 is 2.83 bits per heavy atom. The summed E-state index contributed by atoms with van der Waals surface area (Å²) in [6.07, 6.45) is 1.76. The standard InChI is InChI=1S/C4H6NO/c1-3-6-4-2-5-1/h1,4H,2-3H2. The van der Waals surface area contributed by atoms with Crippen LogP contribution in [0.5, 0.6) is 0 Å². The van der Waals surface area contributed by atoms with Crippen LogP contribution in [-0.4, -0.2) is 19.4 Å². The molecule has 2 nitrogen and oxygen atoms in total. The minimum absolute atomic E-state index is 0.653. The second-order valence-corrected chi connectivity index (χ2v) is 1.05. The maximum Gasteiger partial charge on any atom is 0.105 e. The van der Waals surface area contributed by atoms with Crippen molar-refractivity contribution in [2.24, 2.45) is 4.99 Å². The normalized spacial score (nSPS) is 21.3. The van der Waals surface area contributed by atoms with Gasteiger partial charge in [-0.15, -0.1) is 0 Å². The molecule has 0 saturated carbocycles. The highest BCUT2D eigenvalue weighted by molar-refractivity contribution is 5.59. The molecule has 1 aliphatic rings. The molecular formula is C4H6NO. The van der Waals surface area contributed by atoms with Crippen LogP contribution in [0.4, 0.5) is 0 Å². The van der Waals surface area contributed by atoms with Crippen molar-refractivity contribution in [3.8, 4) is 0 Å². The minimum atomic E-state index is 0.653. The number of rotatable bonds is 0. The molecule has 0 N–H and O–H groups in total. The first-order valence-corrected chi connectivity index (χ1v) is 1.92. The van der Waals surface area contributed by atoms with Crippen LogP contribution < -0.4 is 0 Å². The molecule has 1 rings (SSSR count). The van der Waals surface area contributed by atoms with Crippen LogP contribution in [0.1, 0.15) is 0 Å². The summed E-state index contributed by atoms with van der Waals surface area (Å²) in [6.45, 7) is 3.07. The van der Waals surface area contributed by atoms with Crippen molar-refractivity contribution >= 4 is 6.21 Å². The third kappa shape index (κ3) is 0.792. The molecule has 1 heterocycles. The molecule has 0 aromatic heterocycles. The number of aliphatic imine (C=N–C) groups is 1. The van der Waals surface area contributed by atoms with Gasteiger partial charge in [0.2, 0.25) is 0 Å². The molecule has 33 valence electrons. The van der Waals surface area contributed by atoms with Crippen LogP contribution in [0, 0.1) is 6.61 Å². The quantitative estimate of drug-likeness (QED) is 0.412. The van der Waals surface area contributed by atoms with Gasteiger partial charge in [-0.05, 0) is 0 Å². The Balaban J connectivity index is 2.26. The van der Waals surface area contributed by atoms with Crippen LogP contribution in [-0.2, 0) is 4.74 Å². The van der Waals surface area contributed by atoms with E-state index in [1.165, 1.54) is 0 Å². The fraction of sp³-hybridized carbons (Fsp3) is 0.500. The monoisotopic (exact) mass is 84.0 g/mol. The molecule has 0 unspecified atom stereocenters. The van der Waals surface area contributed by atoms with Gasteiger partial charge in [-0.1, -0.05) is 0 Å². The molecular weight excluding hydrogens is 78.0 g/mol. The van der Waals surface area contributed by atoms with Crippen molar-refractivity contribution in [3.63, 3.8) is 0 Å². The van der Waals surface area contributed by atoms with E-state index >= 15 is 0 Å². The predicted octanol–water partition coefficient (Wildman–Crippen LogP) is 0.249. The van der Waals surface area contributed by atoms with Gasteiger partial charge in [0.05, 0.1) is 13.2 Å². The molecule has 1 radical (unpaired) electrons. The minimum Gasteiger partial charge on any atom is -0.368 e. The van der Waals surface area contributed by atoms with Crippen LogP contribution in [0.15, 0.2) is 4.99 Å². The van der Waals surface area contributed by atoms with E-state index in [1.807, 2.05) is 0 Å². The first-order chi connectivity index (χ1) is 3.00. The summed E-state index contributed by atoms with van der Waals surface area (Å²) in [5.74, 6) is 0. The molecule has 0 atom stereocenters. The molecule has 0 aromatic rings. The summed E-state index contributed by atoms with van der Waals surface area (Å²) >= 11 is 0. The molecule has 0 spiro atoms. The van der Waals surface area contributed by atoms with Crippen molar-refractivity contribution in [2.75, 3.05) is 13.2 Å². The van der Waals surface area contributed by atoms with E-state index in [2.05, 4.69) is 4.99 Å². The highest BCUT2D eigenvalue weighted by atomic mass is 16.5. The van der Waals surface area contributed by atoms with Gasteiger partial charge in [-0.2, -0.15) is 0 Å². The summed E-state index contributed by atoms with van der Waals surface area (Å²) in [5, 5.41) is 0. The van der Waals surface area contributed by atoms with Gasteiger partial charge in [0.1, 0.15) is 6.61 Å². The zero-order valence-electron chi connectivity index (χ0n) is 3.42. The lowest BCUT2D eigenvalue weighted by Crippen LogP contribution is -2.01. The SMILES string of the molecule is [CH]1CN=CCO1. The van der Waals surface area contributed by atoms with Gasteiger partial charge in [-0.25, -0.2) is 0 Å². The Morgan fingerprint density at radius 1 is 1.67 bits per heavy atom.